The number of hydrogen-bond acceptors (Lipinski definition) is 5. The highest BCUT2D eigenvalue weighted by molar-refractivity contribution is 5.95. The minimum absolute atomic E-state index is 0.00352. The van der Waals surface area contributed by atoms with Crippen LogP contribution in [-0.4, -0.2) is 30.5 Å². The average Bonchev–Trinajstić information content (AvgIpc) is 2.68. The number of rotatable bonds is 6. The van der Waals surface area contributed by atoms with Crippen molar-refractivity contribution in [2.24, 2.45) is 0 Å². The lowest BCUT2D eigenvalue weighted by Gasteiger charge is -2.30. The molecule has 3 rings (SSSR count). The highest BCUT2D eigenvalue weighted by atomic mass is 16.6. The van der Waals surface area contributed by atoms with E-state index in [0.29, 0.717) is 11.3 Å². The molecule has 0 radical (unpaired) electrons. The molecule has 0 bridgehead atoms. The topological polar surface area (TPSA) is 87.5 Å². The van der Waals surface area contributed by atoms with Gasteiger partial charge in [-0.3, -0.25) is 14.9 Å². The molecule has 1 fully saturated rings. The summed E-state index contributed by atoms with van der Waals surface area (Å²) in [6.07, 6.45) is 3.62. The molecule has 7 heteroatoms. The Balaban J connectivity index is 1.65. The fourth-order valence-electron chi connectivity index (χ4n) is 3.36. The number of hydrogen-bond donors (Lipinski definition) is 2. The van der Waals surface area contributed by atoms with Crippen LogP contribution in [0.1, 0.15) is 24.8 Å². The van der Waals surface area contributed by atoms with E-state index >= 15 is 0 Å². The van der Waals surface area contributed by atoms with Crippen molar-refractivity contribution in [3.8, 4) is 0 Å². The number of anilines is 3. The summed E-state index contributed by atoms with van der Waals surface area (Å²) in [4.78, 5) is 25.3. The molecule has 27 heavy (non-hydrogen) atoms. The first-order chi connectivity index (χ1) is 13.1. The van der Waals surface area contributed by atoms with Crippen LogP contribution in [0.5, 0.6) is 0 Å². The molecule has 1 aliphatic heterocycles. The molecule has 2 aromatic rings. The van der Waals surface area contributed by atoms with Gasteiger partial charge in [-0.25, -0.2) is 0 Å². The SMILES string of the molecule is Cc1c(NC(=O)CNc2ccccc2N2CCCCC2)cccc1[N+](=O)[O-]. The number of piperidine rings is 1. The molecule has 0 unspecified atom stereocenters. The van der Waals surface area contributed by atoms with E-state index in [-0.39, 0.29) is 18.1 Å². The van der Waals surface area contributed by atoms with Gasteiger partial charge in [0.1, 0.15) is 0 Å². The number of benzene rings is 2. The van der Waals surface area contributed by atoms with Crippen molar-refractivity contribution in [2.45, 2.75) is 26.2 Å². The zero-order valence-corrected chi connectivity index (χ0v) is 15.4. The van der Waals surface area contributed by atoms with Crippen LogP contribution >= 0.6 is 0 Å². The van der Waals surface area contributed by atoms with Crippen molar-refractivity contribution >= 4 is 28.7 Å². The van der Waals surface area contributed by atoms with Gasteiger partial charge in [0, 0.05) is 19.2 Å². The Morgan fingerprint density at radius 3 is 2.52 bits per heavy atom. The van der Waals surface area contributed by atoms with E-state index in [1.165, 1.54) is 25.3 Å². The van der Waals surface area contributed by atoms with Gasteiger partial charge in [-0.2, -0.15) is 0 Å². The van der Waals surface area contributed by atoms with Crippen molar-refractivity contribution < 1.29 is 9.72 Å². The highest BCUT2D eigenvalue weighted by Gasteiger charge is 2.16. The second kappa shape index (κ2) is 8.53. The monoisotopic (exact) mass is 368 g/mol. The van der Waals surface area contributed by atoms with Gasteiger partial charge in [-0.1, -0.05) is 18.2 Å². The number of nitrogens with zero attached hydrogens (tertiary/aromatic N) is 2. The van der Waals surface area contributed by atoms with Gasteiger partial charge >= 0.3 is 0 Å². The minimum atomic E-state index is -0.446. The van der Waals surface area contributed by atoms with Crippen LogP contribution in [0.3, 0.4) is 0 Å². The number of nitro benzene ring substituents is 1. The quantitative estimate of drug-likeness (QED) is 0.595. The van der Waals surface area contributed by atoms with Crippen molar-refractivity contribution in [3.63, 3.8) is 0 Å². The maximum Gasteiger partial charge on any atom is 0.274 e. The van der Waals surface area contributed by atoms with Gasteiger partial charge in [0.15, 0.2) is 0 Å². The fourth-order valence-corrected chi connectivity index (χ4v) is 3.36. The second-order valence-corrected chi connectivity index (χ2v) is 6.67. The molecule has 1 heterocycles. The number of carbonyl (C=O) groups excluding carboxylic acids is 1. The van der Waals surface area contributed by atoms with E-state index in [0.717, 1.165) is 24.5 Å². The maximum atomic E-state index is 12.3. The summed E-state index contributed by atoms with van der Waals surface area (Å²) in [6, 6.07) is 12.6. The summed E-state index contributed by atoms with van der Waals surface area (Å²) in [7, 11) is 0. The number of nitro groups is 1. The van der Waals surface area contributed by atoms with E-state index in [1.807, 2.05) is 18.2 Å². The Morgan fingerprint density at radius 2 is 1.78 bits per heavy atom. The summed E-state index contributed by atoms with van der Waals surface area (Å²) in [6.45, 7) is 3.77. The first-order valence-electron chi connectivity index (χ1n) is 9.18. The molecule has 0 aliphatic carbocycles. The Morgan fingerprint density at radius 1 is 1.07 bits per heavy atom. The van der Waals surface area contributed by atoms with Crippen LogP contribution in [-0.2, 0) is 4.79 Å². The number of carbonyl (C=O) groups is 1. The van der Waals surface area contributed by atoms with E-state index < -0.39 is 4.92 Å². The van der Waals surface area contributed by atoms with Gasteiger partial charge in [-0.15, -0.1) is 0 Å². The van der Waals surface area contributed by atoms with Crippen LogP contribution in [0.25, 0.3) is 0 Å². The van der Waals surface area contributed by atoms with Gasteiger partial charge < -0.3 is 15.5 Å². The van der Waals surface area contributed by atoms with Gasteiger partial charge in [0.2, 0.25) is 5.91 Å². The van der Waals surface area contributed by atoms with Crippen molar-refractivity contribution in [1.82, 2.24) is 0 Å². The summed E-state index contributed by atoms with van der Waals surface area (Å²) >= 11 is 0. The number of amides is 1. The molecular weight excluding hydrogens is 344 g/mol. The molecule has 2 aromatic carbocycles. The molecule has 0 atom stereocenters. The third-order valence-corrected chi connectivity index (χ3v) is 4.82. The lowest BCUT2D eigenvalue weighted by atomic mass is 10.1. The van der Waals surface area contributed by atoms with Gasteiger partial charge in [-0.05, 0) is 44.4 Å². The Bertz CT molecular complexity index is 832. The smallest absolute Gasteiger partial charge is 0.274 e. The maximum absolute atomic E-state index is 12.3. The predicted octanol–water partition coefficient (Wildman–Crippen LogP) is 3.94. The molecule has 0 saturated carbocycles. The van der Waals surface area contributed by atoms with Crippen molar-refractivity contribution in [3.05, 3.63) is 58.1 Å². The van der Waals surface area contributed by atoms with Crippen molar-refractivity contribution in [1.29, 1.82) is 0 Å². The minimum Gasteiger partial charge on any atom is -0.374 e. The first-order valence-corrected chi connectivity index (χ1v) is 9.18. The zero-order chi connectivity index (χ0) is 19.2. The molecule has 7 nitrogen and oxygen atoms in total. The van der Waals surface area contributed by atoms with Crippen LogP contribution in [0.4, 0.5) is 22.7 Å². The summed E-state index contributed by atoms with van der Waals surface area (Å²) in [5.41, 5.74) is 2.93. The van der Waals surface area contributed by atoms with Crippen molar-refractivity contribution in [2.75, 3.05) is 35.2 Å². The van der Waals surface area contributed by atoms with Crippen LogP contribution in [0, 0.1) is 17.0 Å². The van der Waals surface area contributed by atoms with Crippen LogP contribution in [0.2, 0.25) is 0 Å². The molecule has 1 amide bonds. The lowest BCUT2D eigenvalue weighted by molar-refractivity contribution is -0.385. The third kappa shape index (κ3) is 4.55. The molecule has 1 aliphatic rings. The average molecular weight is 368 g/mol. The van der Waals surface area contributed by atoms with E-state index in [4.69, 9.17) is 0 Å². The predicted molar refractivity (Wildman–Crippen MR) is 107 cm³/mol. The van der Waals surface area contributed by atoms with Gasteiger partial charge in [0.05, 0.1) is 34.1 Å². The third-order valence-electron chi connectivity index (χ3n) is 4.82. The molecular formula is C20H24N4O3. The number of para-hydroxylation sites is 2. The summed E-state index contributed by atoms with van der Waals surface area (Å²) in [5.74, 6) is -0.243. The second-order valence-electron chi connectivity index (χ2n) is 6.67. The van der Waals surface area contributed by atoms with E-state index in [2.05, 4.69) is 21.6 Å². The zero-order valence-electron chi connectivity index (χ0n) is 15.4. The van der Waals surface area contributed by atoms with Crippen LogP contribution < -0.4 is 15.5 Å². The Hall–Kier alpha value is -3.09. The largest absolute Gasteiger partial charge is 0.374 e. The van der Waals surface area contributed by atoms with E-state index in [1.54, 1.807) is 19.1 Å². The molecule has 0 aromatic heterocycles. The Kier molecular flexibility index (Phi) is 5.90. The normalized spacial score (nSPS) is 13.9. The molecule has 0 spiro atoms. The fraction of sp³-hybridized carbons (Fsp3) is 0.350. The van der Waals surface area contributed by atoms with Gasteiger partial charge in [0.25, 0.3) is 5.69 Å². The Labute approximate surface area is 158 Å². The molecule has 2 N–H and O–H groups in total. The lowest BCUT2D eigenvalue weighted by Crippen LogP contribution is -2.30. The number of nitrogens with one attached hydrogen (secondary N) is 2. The molecule has 1 saturated heterocycles. The van der Waals surface area contributed by atoms with Crippen LogP contribution in [0.15, 0.2) is 42.5 Å². The van der Waals surface area contributed by atoms with E-state index in [9.17, 15) is 14.9 Å². The first kappa shape index (κ1) is 18.7. The summed E-state index contributed by atoms with van der Waals surface area (Å²) < 4.78 is 0. The highest BCUT2D eigenvalue weighted by Crippen LogP contribution is 2.28. The molecule has 142 valence electrons. The summed E-state index contributed by atoms with van der Waals surface area (Å²) in [5, 5.41) is 17.0. The standard InChI is InChI=1S/C20H24N4O3/c1-15-16(9-7-11-18(15)24(26)27)22-20(25)14-21-17-8-3-4-10-19(17)23-12-5-2-6-13-23/h3-4,7-11,21H,2,5-6,12-14H2,1H3,(H,22,25).